The molecule has 0 spiro atoms. The van der Waals surface area contributed by atoms with Crippen LogP contribution in [-0.2, 0) is 128 Å². The Morgan fingerprint density at radius 2 is 0.531 bits per heavy atom. The number of carbonyl (C=O) groups is 5. The van der Waals surface area contributed by atoms with Crippen molar-refractivity contribution in [3.63, 3.8) is 0 Å². The van der Waals surface area contributed by atoms with E-state index in [-0.39, 0.29) is 0 Å². The lowest BCUT2D eigenvalue weighted by Gasteiger charge is -2.52. The molecule has 0 radical (unpaired) electrons. The van der Waals surface area contributed by atoms with E-state index in [9.17, 15) is 192 Å². The van der Waals surface area contributed by atoms with Gasteiger partial charge in [-0.1, -0.05) is 0 Å². The van der Waals surface area contributed by atoms with E-state index in [0.29, 0.717) is 0 Å². The lowest BCUT2D eigenvalue weighted by Crippen LogP contribution is -2.71. The lowest BCUT2D eigenvalue weighted by atomic mass is 9.93. The third-order valence-electron chi connectivity index (χ3n) is 26.7. The number of hydrogen-bond donors (Lipinski definition) is 38. The molecule has 38 N–H and O–H groups in total. The van der Waals surface area contributed by atoms with Crippen LogP contribution in [0.1, 0.15) is 41.5 Å². The van der Waals surface area contributed by atoms with Crippen molar-refractivity contribution in [3.05, 3.63) is 0 Å². The second-order valence-corrected chi connectivity index (χ2v) is 37.1. The summed E-state index contributed by atoms with van der Waals surface area (Å²) in [4.78, 5) is 65.8. The maximum Gasteiger partial charge on any atom is 0.217 e. The van der Waals surface area contributed by atoms with Crippen molar-refractivity contribution in [1.82, 2.24) is 26.6 Å². The molecule has 11 heterocycles. The van der Waals surface area contributed by atoms with Gasteiger partial charge in [0.25, 0.3) is 0 Å². The predicted molar refractivity (Wildman–Crippen MR) is 454 cm³/mol. The molecule has 0 aromatic carbocycles. The molecule has 11 rings (SSSR count). The quantitative estimate of drug-likeness (QED) is 0.0270. The number of nitrogens with one attached hydrogen (secondary N) is 5. The monoisotopic (exact) mass is 2150 g/mol. The molecule has 0 saturated carbocycles. The highest BCUT2D eigenvalue weighted by Gasteiger charge is 2.64. The van der Waals surface area contributed by atoms with Gasteiger partial charge in [0.15, 0.2) is 69.2 Å². The summed E-state index contributed by atoms with van der Waals surface area (Å²) in [5, 5.41) is 385. The minimum Gasteiger partial charge on any atom is -0.394 e. The summed E-state index contributed by atoms with van der Waals surface area (Å²) in [7, 11) is 0. The van der Waals surface area contributed by atoms with E-state index >= 15 is 0 Å². The fourth-order valence-corrected chi connectivity index (χ4v) is 18.8. The van der Waals surface area contributed by atoms with E-state index in [0.717, 1.165) is 34.6 Å². The minimum absolute atomic E-state index is 0.847. The largest absolute Gasteiger partial charge is 0.394 e. The maximum absolute atomic E-state index is 13.5. The summed E-state index contributed by atoms with van der Waals surface area (Å²) >= 11 is 0. The SMILES string of the molecule is CC(=O)N[C@@H](CO)[C@@H](O)[C@H](OC1O[C@H](CO)[C@@H](OC2O[C@H](COC3O[C@H](CO)[C@@H](O)[C@H](O)[C@@H]3OC3O[C@H](CO)[C@@H](OC4O[C@H](CO)[C@H](O)[C@H](O)[C@H]4O)[C@H](O)[C@H]3NC(C)=O)[C@@H](O)[C@H](OC3O[C@H](CO)[C@@H](OC4O[C@H](CO)[C@@H](OC5O[C@H](CO)[C@H](O)[C@H](O)[C@H]5O)[C@H](O)[C@H]4NC(C)=O)[C@H](O)[C@@H]3OC3O[C@H](CO)[C@@H](OC4O[C@H](CO)[C@H](O)[C@H](O)[C@H]4O)[C@H](O)[C@H]3NC(C)=O)[C@@H]2O)[C@H](O)[C@H]1NC(C)=O)[C@H](O)COC1O[C@@H](C)[C@@H](O)[C@@H](O)[C@@H]1O. The van der Waals surface area contributed by atoms with Crippen molar-refractivity contribution in [2.24, 2.45) is 0 Å². The summed E-state index contributed by atoms with van der Waals surface area (Å²) < 4.78 is 132. The Morgan fingerprint density at radius 3 is 0.884 bits per heavy atom. The molecule has 0 bridgehead atoms. The third-order valence-corrected chi connectivity index (χ3v) is 26.7. The van der Waals surface area contributed by atoms with Crippen LogP contribution in [0.4, 0.5) is 0 Å². The second-order valence-electron chi connectivity index (χ2n) is 37.1. The Balaban J connectivity index is 0.994. The number of aliphatic hydroxyl groups excluding tert-OH is 33. The van der Waals surface area contributed by atoms with E-state index in [1.807, 2.05) is 0 Å². The first-order chi connectivity index (χ1) is 69.5. The fraction of sp³-hybridized carbons (Fsp3) is 0.939. The summed E-state index contributed by atoms with van der Waals surface area (Å²) in [5.74, 6) is -5.14. The summed E-state index contributed by atoms with van der Waals surface area (Å²) in [5.41, 5.74) is 0. The Bertz CT molecular complexity index is 4050. The first-order valence-corrected chi connectivity index (χ1v) is 46.9. The third kappa shape index (κ3) is 27.9. The molecule has 11 fully saturated rings. The van der Waals surface area contributed by atoms with Crippen molar-refractivity contribution in [2.75, 3.05) is 79.3 Å². The fourth-order valence-electron chi connectivity index (χ4n) is 18.8. The Morgan fingerprint density at radius 1 is 0.252 bits per heavy atom. The van der Waals surface area contributed by atoms with Gasteiger partial charge in [-0.05, 0) is 6.92 Å². The van der Waals surface area contributed by atoms with Crippen LogP contribution in [-0.4, -0.2) is 639 Å². The van der Waals surface area contributed by atoms with Crippen LogP contribution in [0.3, 0.4) is 0 Å². The normalized spacial score (nSPS) is 47.3. The van der Waals surface area contributed by atoms with E-state index in [2.05, 4.69) is 26.6 Å². The average Bonchev–Trinajstić information content (AvgIpc) is 0.758. The van der Waals surface area contributed by atoms with Crippen molar-refractivity contribution in [2.45, 2.75) is 403 Å². The first kappa shape index (κ1) is 122. The molecule has 0 aromatic heterocycles. The number of hydrogen-bond acceptors (Lipinski definition) is 60. The van der Waals surface area contributed by atoms with Gasteiger partial charge in [-0.15, -0.1) is 0 Å². The van der Waals surface area contributed by atoms with Gasteiger partial charge in [0.1, 0.15) is 281 Å². The lowest BCUT2D eigenvalue weighted by molar-refractivity contribution is -0.406. The highest BCUT2D eigenvalue weighted by atomic mass is 16.8. The summed E-state index contributed by atoms with van der Waals surface area (Å²) in [6, 6.07) is -10.3. The molecule has 852 valence electrons. The van der Waals surface area contributed by atoms with Crippen molar-refractivity contribution in [1.29, 1.82) is 0 Å². The van der Waals surface area contributed by atoms with Crippen LogP contribution in [0.25, 0.3) is 0 Å². The van der Waals surface area contributed by atoms with Crippen LogP contribution in [0.2, 0.25) is 0 Å². The number of rotatable bonds is 42. The first-order valence-electron chi connectivity index (χ1n) is 46.9. The van der Waals surface area contributed by atoms with Crippen molar-refractivity contribution < 1.29 is 297 Å². The Labute approximate surface area is 833 Å². The van der Waals surface area contributed by atoms with Gasteiger partial charge >= 0.3 is 0 Å². The molecule has 11 aliphatic rings. The van der Waals surface area contributed by atoms with Crippen LogP contribution >= 0.6 is 0 Å². The van der Waals surface area contributed by atoms with E-state index < -0.39 is 471 Å². The zero-order valence-corrected chi connectivity index (χ0v) is 79.3. The molecule has 147 heavy (non-hydrogen) atoms. The zero-order valence-electron chi connectivity index (χ0n) is 79.3. The number of aliphatic hydroxyl groups is 33. The Hall–Kier alpha value is -4.85. The van der Waals surface area contributed by atoms with E-state index in [1.54, 1.807) is 0 Å². The molecule has 59 atom stereocenters. The number of amides is 5. The standard InChI is InChI=1S/C82H139N5O60/c1-19-41(104)52(115)57(120)76(128-19)126-17-26(103)63(42(105)25(7-88)83-20(2)98)139-72-37(84-21(3)99)48(111)67(34(15-96)133-72)144-80-62(125)69(47(110)36(138-80)18-127-81-70(56(119)46(109)30(11-92)132-81)146-74-39(86-23(5)101)50(113)65(32(13-94)135-74)142-78-59(122)54(117)44(107)28(9-90)130-78)145-82-71(147-75-40(87-24(6)102)51(114)66(33(14-95)136-75)143-79-60(123)55(118)45(108)29(10-91)131-79)61(124)68(35(16-97)137-82)140-73-38(85-22(4)100)49(112)64(31(12-93)134-73)141-77-58(121)53(116)43(106)27(8-89)129-77/h19,25-82,88-97,103-125H,7-18H2,1-6H3,(H,83,98)(H,84,99)(H,85,100)(H,86,101)(H,87,102)/t19-,25-,26+,27+,28+,29+,30+,31+,32+,33+,34+,35+,36+,37+,38+,39+,40+,41+,42+,43-,44-,45-,46+,47+,48+,49+,50+,51+,52+,53-,54-,55-,56-,57-,58+,59+,60+,61-,62-,63+,64+,65+,66+,67+,68+,69-,70-,71-,72?,73?,74?,75?,76?,77?,78?,79?,80?,81?,82?/m0/s1. The molecular formula is C82H139N5O60. The topological polar surface area (TPSA) is 1020 Å². The molecule has 5 amide bonds. The van der Waals surface area contributed by atoms with Gasteiger partial charge in [0.2, 0.25) is 29.5 Å². The minimum atomic E-state index is -2.83. The van der Waals surface area contributed by atoms with Gasteiger partial charge in [-0.3, -0.25) is 24.0 Å². The van der Waals surface area contributed by atoms with Crippen LogP contribution in [0.15, 0.2) is 0 Å². The van der Waals surface area contributed by atoms with Gasteiger partial charge < -0.3 is 299 Å². The molecule has 65 nitrogen and oxygen atoms in total. The smallest absolute Gasteiger partial charge is 0.217 e. The summed E-state index contributed by atoms with van der Waals surface area (Å²) in [6.07, 6.45) is -119. The number of carbonyl (C=O) groups excluding carboxylic acids is 5. The predicted octanol–water partition coefficient (Wildman–Crippen LogP) is -25.8. The van der Waals surface area contributed by atoms with Gasteiger partial charge in [-0.25, -0.2) is 0 Å². The highest BCUT2D eigenvalue weighted by molar-refractivity contribution is 5.75. The number of ether oxygens (including phenoxy) is 22. The van der Waals surface area contributed by atoms with Crippen LogP contribution < -0.4 is 26.6 Å². The van der Waals surface area contributed by atoms with Crippen LogP contribution in [0.5, 0.6) is 0 Å². The van der Waals surface area contributed by atoms with Gasteiger partial charge in [-0.2, -0.15) is 0 Å². The van der Waals surface area contributed by atoms with Gasteiger partial charge in [0.05, 0.1) is 91.4 Å². The molecular weight excluding hydrogens is 2010 g/mol. The molecule has 0 aromatic rings. The van der Waals surface area contributed by atoms with Gasteiger partial charge in [0, 0.05) is 34.6 Å². The molecule has 65 heteroatoms. The maximum atomic E-state index is 13.5. The molecule has 0 aliphatic carbocycles. The second kappa shape index (κ2) is 54.2. The Kier molecular flexibility index (Phi) is 45.1. The summed E-state index contributed by atoms with van der Waals surface area (Å²) in [6.45, 7) is -8.83. The molecule has 11 unspecified atom stereocenters. The highest BCUT2D eigenvalue weighted by Crippen LogP contribution is 2.43. The molecule has 11 aliphatic heterocycles. The zero-order chi connectivity index (χ0) is 109. The average molecular weight is 2150 g/mol. The van der Waals surface area contributed by atoms with E-state index in [1.165, 1.54) is 6.92 Å². The molecule has 11 saturated heterocycles. The van der Waals surface area contributed by atoms with Crippen LogP contribution in [0, 0.1) is 0 Å². The van der Waals surface area contributed by atoms with Crippen molar-refractivity contribution in [3.8, 4) is 0 Å². The van der Waals surface area contributed by atoms with Crippen molar-refractivity contribution >= 4 is 29.5 Å². The van der Waals surface area contributed by atoms with E-state index in [4.69, 9.17) is 104 Å².